The third kappa shape index (κ3) is 5.55. The number of halogens is 1. The van der Waals surface area contributed by atoms with Crippen LogP contribution in [-0.2, 0) is 11.2 Å². The number of nitrogens with one attached hydrogen (secondary N) is 3. The van der Waals surface area contributed by atoms with Crippen molar-refractivity contribution >= 4 is 51.4 Å². The fourth-order valence-electron chi connectivity index (χ4n) is 2.43. The Morgan fingerprint density at radius 2 is 1.68 bits per heavy atom. The Kier molecular flexibility index (Phi) is 6.28. The van der Waals surface area contributed by atoms with Gasteiger partial charge in [0.2, 0.25) is 5.91 Å². The van der Waals surface area contributed by atoms with Crippen LogP contribution in [0, 0.1) is 13.8 Å². The molecular formula is C20H19ClN4O2S. The second-order valence-corrected chi connectivity index (χ2v) is 7.55. The zero-order chi connectivity index (χ0) is 20.1. The topological polar surface area (TPSA) is 83.1 Å². The van der Waals surface area contributed by atoms with Crippen LogP contribution >= 0.6 is 22.9 Å². The smallest absolute Gasteiger partial charge is 0.325 e. The number of aromatic nitrogens is 1. The van der Waals surface area contributed by atoms with Gasteiger partial charge in [0.25, 0.3) is 0 Å². The van der Waals surface area contributed by atoms with E-state index in [0.29, 0.717) is 21.5 Å². The van der Waals surface area contributed by atoms with Crippen LogP contribution in [-0.4, -0.2) is 16.9 Å². The van der Waals surface area contributed by atoms with E-state index in [9.17, 15) is 9.59 Å². The number of carbonyl (C=O) groups is 2. The molecule has 144 valence electrons. The molecule has 0 fully saturated rings. The molecule has 0 atom stereocenters. The summed E-state index contributed by atoms with van der Waals surface area (Å²) in [6.45, 7) is 4.02. The lowest BCUT2D eigenvalue weighted by Gasteiger charge is -2.07. The zero-order valence-electron chi connectivity index (χ0n) is 15.4. The lowest BCUT2D eigenvalue weighted by atomic mass is 10.1. The van der Waals surface area contributed by atoms with Gasteiger partial charge in [0.1, 0.15) is 0 Å². The van der Waals surface area contributed by atoms with E-state index in [2.05, 4.69) is 20.9 Å². The summed E-state index contributed by atoms with van der Waals surface area (Å²) in [7, 11) is 0. The predicted molar refractivity (Wildman–Crippen MR) is 114 cm³/mol. The molecule has 3 aromatic rings. The van der Waals surface area contributed by atoms with Gasteiger partial charge in [0, 0.05) is 21.8 Å². The highest BCUT2D eigenvalue weighted by Gasteiger charge is 2.11. The number of anilines is 3. The molecule has 2 aromatic carbocycles. The number of hydrogen-bond donors (Lipinski definition) is 3. The van der Waals surface area contributed by atoms with Crippen LogP contribution in [0.5, 0.6) is 0 Å². The minimum absolute atomic E-state index is 0.129. The van der Waals surface area contributed by atoms with E-state index in [1.807, 2.05) is 32.0 Å². The van der Waals surface area contributed by atoms with Gasteiger partial charge in [-0.25, -0.2) is 9.78 Å². The Morgan fingerprint density at radius 3 is 2.39 bits per heavy atom. The summed E-state index contributed by atoms with van der Waals surface area (Å²) in [4.78, 5) is 28.5. The van der Waals surface area contributed by atoms with Crippen LogP contribution < -0.4 is 16.0 Å². The van der Waals surface area contributed by atoms with E-state index in [0.717, 1.165) is 11.3 Å². The van der Waals surface area contributed by atoms with Gasteiger partial charge in [-0.05, 0) is 61.4 Å². The molecule has 8 heteroatoms. The van der Waals surface area contributed by atoms with E-state index in [1.165, 1.54) is 16.9 Å². The molecule has 1 heterocycles. The monoisotopic (exact) mass is 414 g/mol. The molecule has 28 heavy (non-hydrogen) atoms. The van der Waals surface area contributed by atoms with E-state index in [4.69, 9.17) is 11.6 Å². The van der Waals surface area contributed by atoms with Gasteiger partial charge < -0.3 is 10.6 Å². The molecule has 0 radical (unpaired) electrons. The number of amides is 3. The van der Waals surface area contributed by atoms with Crippen molar-refractivity contribution in [2.24, 2.45) is 0 Å². The molecule has 0 spiro atoms. The minimum atomic E-state index is -0.414. The Bertz CT molecular complexity index is 1000. The first-order chi connectivity index (χ1) is 13.4. The van der Waals surface area contributed by atoms with Crippen molar-refractivity contribution in [2.75, 3.05) is 16.0 Å². The average molecular weight is 415 g/mol. The highest BCUT2D eigenvalue weighted by Crippen LogP contribution is 2.19. The Hall–Kier alpha value is -2.90. The van der Waals surface area contributed by atoms with Gasteiger partial charge in [-0.2, -0.15) is 0 Å². The highest BCUT2D eigenvalue weighted by molar-refractivity contribution is 7.14. The van der Waals surface area contributed by atoms with Gasteiger partial charge in [-0.15, -0.1) is 11.3 Å². The number of carbonyl (C=O) groups excluding carboxylic acids is 2. The van der Waals surface area contributed by atoms with E-state index >= 15 is 0 Å². The maximum absolute atomic E-state index is 12.2. The van der Waals surface area contributed by atoms with Gasteiger partial charge in [0.05, 0.1) is 12.1 Å². The summed E-state index contributed by atoms with van der Waals surface area (Å²) in [5, 5.41) is 11.0. The van der Waals surface area contributed by atoms with Crippen molar-refractivity contribution in [1.29, 1.82) is 0 Å². The van der Waals surface area contributed by atoms with Crippen LogP contribution in [0.25, 0.3) is 0 Å². The number of aryl methyl sites for hydroxylation is 2. The summed E-state index contributed by atoms with van der Waals surface area (Å²) in [6.07, 6.45) is 0.129. The molecule has 1 aromatic heterocycles. The maximum Gasteiger partial charge on any atom is 0.325 e. The fourth-order valence-corrected chi connectivity index (χ4v) is 3.26. The molecule has 0 saturated carbocycles. The van der Waals surface area contributed by atoms with Gasteiger partial charge in [-0.1, -0.05) is 17.7 Å². The highest BCUT2D eigenvalue weighted by atomic mass is 35.5. The molecule has 0 unspecified atom stereocenters. The standard InChI is InChI=1S/C20H19ClN4O2S/c1-12-3-6-16(9-13(12)2)22-18(26)10-17-11-28-20(24-17)25-19(27)23-15-7-4-14(21)5-8-15/h3-9,11H,10H2,1-2H3,(H,22,26)(H2,23,24,25,27). The van der Waals surface area contributed by atoms with E-state index < -0.39 is 6.03 Å². The number of nitrogens with zero attached hydrogens (tertiary/aromatic N) is 1. The van der Waals surface area contributed by atoms with Crippen molar-refractivity contribution in [1.82, 2.24) is 4.98 Å². The zero-order valence-corrected chi connectivity index (χ0v) is 16.9. The molecule has 0 aliphatic heterocycles. The Morgan fingerprint density at radius 1 is 0.964 bits per heavy atom. The van der Waals surface area contributed by atoms with Gasteiger partial charge in [-0.3, -0.25) is 10.1 Å². The third-order valence-corrected chi connectivity index (χ3v) is 5.07. The molecule has 3 N–H and O–H groups in total. The Balaban J connectivity index is 1.53. The first-order valence-electron chi connectivity index (χ1n) is 8.54. The van der Waals surface area contributed by atoms with Crippen LogP contribution in [0.2, 0.25) is 5.02 Å². The third-order valence-electron chi connectivity index (χ3n) is 4.01. The van der Waals surface area contributed by atoms with E-state index in [1.54, 1.807) is 29.6 Å². The lowest BCUT2D eigenvalue weighted by molar-refractivity contribution is -0.115. The minimum Gasteiger partial charge on any atom is -0.326 e. The second-order valence-electron chi connectivity index (χ2n) is 6.25. The van der Waals surface area contributed by atoms with Gasteiger partial charge in [0.15, 0.2) is 5.13 Å². The molecule has 3 rings (SSSR count). The van der Waals surface area contributed by atoms with Gasteiger partial charge >= 0.3 is 6.03 Å². The maximum atomic E-state index is 12.2. The largest absolute Gasteiger partial charge is 0.326 e. The summed E-state index contributed by atoms with van der Waals surface area (Å²) in [5.74, 6) is -0.161. The summed E-state index contributed by atoms with van der Waals surface area (Å²) in [6, 6.07) is 12.1. The molecule has 0 bridgehead atoms. The number of rotatable bonds is 5. The number of thiazole rings is 1. The molecule has 6 nitrogen and oxygen atoms in total. The number of hydrogen-bond acceptors (Lipinski definition) is 4. The van der Waals surface area contributed by atoms with E-state index in [-0.39, 0.29) is 12.3 Å². The summed E-state index contributed by atoms with van der Waals surface area (Å²) < 4.78 is 0. The second kappa shape index (κ2) is 8.86. The Labute approximate surface area is 172 Å². The molecule has 0 saturated heterocycles. The summed E-state index contributed by atoms with van der Waals surface area (Å²) >= 11 is 7.08. The SMILES string of the molecule is Cc1ccc(NC(=O)Cc2csc(NC(=O)Nc3ccc(Cl)cc3)n2)cc1C. The average Bonchev–Trinajstić information content (AvgIpc) is 3.06. The van der Waals surface area contributed by atoms with Crippen LogP contribution in [0.15, 0.2) is 47.8 Å². The number of urea groups is 1. The number of benzene rings is 2. The predicted octanol–water partition coefficient (Wildman–Crippen LogP) is 5.24. The van der Waals surface area contributed by atoms with Crippen molar-refractivity contribution in [3.05, 3.63) is 69.7 Å². The molecular weight excluding hydrogens is 396 g/mol. The van der Waals surface area contributed by atoms with Crippen molar-refractivity contribution in [2.45, 2.75) is 20.3 Å². The van der Waals surface area contributed by atoms with Crippen molar-refractivity contribution < 1.29 is 9.59 Å². The first kappa shape index (κ1) is 19.9. The molecule has 3 amide bonds. The fraction of sp³-hybridized carbons (Fsp3) is 0.150. The molecule has 0 aliphatic carbocycles. The van der Waals surface area contributed by atoms with Crippen molar-refractivity contribution in [3.63, 3.8) is 0 Å². The first-order valence-corrected chi connectivity index (χ1v) is 9.80. The normalized spacial score (nSPS) is 10.4. The van der Waals surface area contributed by atoms with Crippen molar-refractivity contribution in [3.8, 4) is 0 Å². The molecule has 0 aliphatic rings. The van der Waals surface area contributed by atoms with Crippen LogP contribution in [0.4, 0.5) is 21.3 Å². The van der Waals surface area contributed by atoms with Crippen LogP contribution in [0.1, 0.15) is 16.8 Å². The van der Waals surface area contributed by atoms with Crippen LogP contribution in [0.3, 0.4) is 0 Å². The summed E-state index contributed by atoms with van der Waals surface area (Å²) in [5.41, 5.74) is 4.25. The quantitative estimate of drug-likeness (QED) is 0.534. The lowest BCUT2D eigenvalue weighted by Crippen LogP contribution is -2.19.